The minimum atomic E-state index is -1.05. The molecule has 2 unspecified atom stereocenters. The molecule has 1 aliphatic heterocycles. The zero-order valence-corrected chi connectivity index (χ0v) is 10.7. The van der Waals surface area contributed by atoms with Gasteiger partial charge in [-0.2, -0.15) is 0 Å². The quantitative estimate of drug-likeness (QED) is 0.886. The molecule has 2 nitrogen and oxygen atoms in total. The molecule has 2 atom stereocenters. The van der Waals surface area contributed by atoms with Crippen molar-refractivity contribution in [3.05, 3.63) is 35.0 Å². The highest BCUT2D eigenvalue weighted by Gasteiger charge is 2.27. The Bertz CT molecular complexity index is 548. The zero-order chi connectivity index (χ0) is 12.5. The number of nitrogens with one attached hydrogen (secondary N) is 1. The third-order valence-corrected chi connectivity index (χ3v) is 3.83. The van der Waals surface area contributed by atoms with Crippen molar-refractivity contribution in [1.29, 1.82) is 0 Å². The second-order valence-corrected chi connectivity index (χ2v) is 5.22. The predicted octanol–water partition coefficient (Wildman–Crippen LogP) is 4.10. The number of benzene rings is 1. The molecule has 2 heterocycles. The third kappa shape index (κ3) is 2.13. The molecule has 0 radical (unpaired) electrons. The lowest BCUT2D eigenvalue weighted by molar-refractivity contribution is 0.170. The highest BCUT2D eigenvalue weighted by Crippen LogP contribution is 2.36. The monoisotopic (exact) mass is 267 g/mol. The number of hydrogen-bond acceptors (Lipinski definition) is 2. The summed E-state index contributed by atoms with van der Waals surface area (Å²) >= 11 is 6.03. The lowest BCUT2D eigenvalue weighted by Gasteiger charge is -2.24. The minimum absolute atomic E-state index is 0.00177. The van der Waals surface area contributed by atoms with E-state index < -0.39 is 6.17 Å². The highest BCUT2D eigenvalue weighted by atomic mass is 35.5. The Morgan fingerprint density at radius 2 is 2.33 bits per heavy atom. The number of halogens is 2. The van der Waals surface area contributed by atoms with Gasteiger partial charge in [-0.05, 0) is 31.5 Å². The first kappa shape index (κ1) is 12.0. The van der Waals surface area contributed by atoms with Crippen LogP contribution in [0.25, 0.3) is 11.0 Å². The van der Waals surface area contributed by atoms with E-state index in [2.05, 4.69) is 5.32 Å². The molecule has 1 aromatic heterocycles. The summed E-state index contributed by atoms with van der Waals surface area (Å²) in [6.45, 7) is 1.70. The summed E-state index contributed by atoms with van der Waals surface area (Å²) in [6.07, 6.45) is 0.867. The summed E-state index contributed by atoms with van der Waals surface area (Å²) in [5, 5.41) is 4.62. The van der Waals surface area contributed by atoms with E-state index in [-0.39, 0.29) is 5.92 Å². The van der Waals surface area contributed by atoms with Gasteiger partial charge in [-0.15, -0.1) is 0 Å². The SMILES string of the molecule is FC(c1cc2cccc(Cl)c2o1)C1CCCNC1. The molecule has 18 heavy (non-hydrogen) atoms. The molecule has 96 valence electrons. The van der Waals surface area contributed by atoms with Gasteiger partial charge in [0.25, 0.3) is 0 Å². The van der Waals surface area contributed by atoms with Crippen molar-refractivity contribution in [2.24, 2.45) is 5.92 Å². The van der Waals surface area contributed by atoms with Crippen molar-refractivity contribution in [1.82, 2.24) is 5.32 Å². The molecule has 1 aromatic carbocycles. The summed E-state index contributed by atoms with van der Waals surface area (Å²) in [4.78, 5) is 0. The molecular formula is C14H15ClFNO. The van der Waals surface area contributed by atoms with Gasteiger partial charge in [-0.1, -0.05) is 23.7 Å². The van der Waals surface area contributed by atoms with Crippen molar-refractivity contribution >= 4 is 22.6 Å². The molecule has 1 aliphatic rings. The number of alkyl halides is 1. The maximum atomic E-state index is 14.4. The first-order chi connectivity index (χ1) is 8.75. The fourth-order valence-electron chi connectivity index (χ4n) is 2.54. The van der Waals surface area contributed by atoms with Gasteiger partial charge in [0.05, 0.1) is 5.02 Å². The van der Waals surface area contributed by atoms with Gasteiger partial charge >= 0.3 is 0 Å². The molecule has 4 heteroatoms. The molecule has 0 amide bonds. The Hall–Kier alpha value is -1.06. The second-order valence-electron chi connectivity index (χ2n) is 4.82. The third-order valence-electron chi connectivity index (χ3n) is 3.54. The van der Waals surface area contributed by atoms with Gasteiger partial charge in [-0.3, -0.25) is 0 Å². The van der Waals surface area contributed by atoms with E-state index >= 15 is 0 Å². The fraction of sp³-hybridized carbons (Fsp3) is 0.429. The number of para-hydroxylation sites is 1. The molecule has 1 fully saturated rings. The predicted molar refractivity (Wildman–Crippen MR) is 70.7 cm³/mol. The molecule has 0 aliphatic carbocycles. The van der Waals surface area contributed by atoms with Crippen LogP contribution in [0.1, 0.15) is 24.8 Å². The van der Waals surface area contributed by atoms with Crippen molar-refractivity contribution < 1.29 is 8.81 Å². The molecular weight excluding hydrogens is 253 g/mol. The van der Waals surface area contributed by atoms with Crippen LogP contribution in [-0.4, -0.2) is 13.1 Å². The van der Waals surface area contributed by atoms with Gasteiger partial charge in [0.1, 0.15) is 5.76 Å². The average Bonchev–Trinajstić information content (AvgIpc) is 2.84. The van der Waals surface area contributed by atoms with Crippen molar-refractivity contribution in [3.8, 4) is 0 Å². The zero-order valence-electron chi connectivity index (χ0n) is 9.96. The average molecular weight is 268 g/mol. The number of hydrogen-bond donors (Lipinski definition) is 1. The lowest BCUT2D eigenvalue weighted by atomic mass is 9.93. The van der Waals surface area contributed by atoms with Crippen LogP contribution in [0.2, 0.25) is 5.02 Å². The van der Waals surface area contributed by atoms with E-state index in [1.54, 1.807) is 12.1 Å². The first-order valence-corrected chi connectivity index (χ1v) is 6.66. The van der Waals surface area contributed by atoms with Crippen LogP contribution >= 0.6 is 11.6 Å². The number of rotatable bonds is 2. The maximum absolute atomic E-state index is 14.4. The maximum Gasteiger partial charge on any atom is 0.162 e. The minimum Gasteiger partial charge on any atom is -0.456 e. The van der Waals surface area contributed by atoms with Gasteiger partial charge in [0.15, 0.2) is 11.8 Å². The van der Waals surface area contributed by atoms with Crippen LogP contribution in [0, 0.1) is 5.92 Å². The van der Waals surface area contributed by atoms with Gasteiger partial charge in [-0.25, -0.2) is 4.39 Å². The molecule has 0 saturated carbocycles. The van der Waals surface area contributed by atoms with Crippen molar-refractivity contribution in [3.63, 3.8) is 0 Å². The van der Waals surface area contributed by atoms with Crippen LogP contribution in [0.4, 0.5) is 4.39 Å². The summed E-state index contributed by atoms with van der Waals surface area (Å²) in [5.74, 6) is 0.393. The smallest absolute Gasteiger partial charge is 0.162 e. The van der Waals surface area contributed by atoms with Gasteiger partial charge in [0.2, 0.25) is 0 Å². The largest absolute Gasteiger partial charge is 0.456 e. The molecule has 0 spiro atoms. The van der Waals surface area contributed by atoms with E-state index in [0.29, 0.717) is 22.9 Å². The molecule has 0 bridgehead atoms. The Morgan fingerprint density at radius 1 is 1.44 bits per heavy atom. The van der Waals surface area contributed by atoms with Gasteiger partial charge in [0, 0.05) is 17.8 Å². The Balaban J connectivity index is 1.91. The topological polar surface area (TPSA) is 25.2 Å². The molecule has 1 saturated heterocycles. The Labute approximate surface area is 110 Å². The molecule has 1 N–H and O–H groups in total. The number of fused-ring (bicyclic) bond motifs is 1. The second kappa shape index (κ2) is 4.90. The normalized spacial score (nSPS) is 22.2. The van der Waals surface area contributed by atoms with E-state index in [9.17, 15) is 4.39 Å². The van der Waals surface area contributed by atoms with Crippen LogP contribution in [0.5, 0.6) is 0 Å². The first-order valence-electron chi connectivity index (χ1n) is 6.28. The van der Waals surface area contributed by atoms with Crippen molar-refractivity contribution in [2.75, 3.05) is 13.1 Å². The van der Waals surface area contributed by atoms with Crippen LogP contribution in [-0.2, 0) is 0 Å². The summed E-state index contributed by atoms with van der Waals surface area (Å²) < 4.78 is 20.0. The number of piperidine rings is 1. The van der Waals surface area contributed by atoms with E-state index in [4.69, 9.17) is 16.0 Å². The highest BCUT2D eigenvalue weighted by molar-refractivity contribution is 6.34. The fourth-order valence-corrected chi connectivity index (χ4v) is 2.76. The van der Waals surface area contributed by atoms with Crippen LogP contribution < -0.4 is 5.32 Å². The van der Waals surface area contributed by atoms with Crippen molar-refractivity contribution in [2.45, 2.75) is 19.0 Å². The summed E-state index contributed by atoms with van der Waals surface area (Å²) in [7, 11) is 0. The number of furan rings is 1. The molecule has 2 aromatic rings. The van der Waals surface area contributed by atoms with E-state index in [0.717, 1.165) is 24.8 Å². The Morgan fingerprint density at radius 3 is 3.06 bits per heavy atom. The summed E-state index contributed by atoms with van der Waals surface area (Å²) in [6, 6.07) is 7.26. The standard InChI is InChI=1S/C14H15ClFNO/c15-11-5-1-3-9-7-12(18-14(9)11)13(16)10-4-2-6-17-8-10/h1,3,5,7,10,13,17H,2,4,6,8H2. The molecule has 3 rings (SSSR count). The van der Waals surface area contributed by atoms with E-state index in [1.807, 2.05) is 12.1 Å². The summed E-state index contributed by atoms with van der Waals surface area (Å²) in [5.41, 5.74) is 0.584. The van der Waals surface area contributed by atoms with Crippen LogP contribution in [0.3, 0.4) is 0 Å². The van der Waals surface area contributed by atoms with Gasteiger partial charge < -0.3 is 9.73 Å². The Kier molecular flexibility index (Phi) is 3.27. The van der Waals surface area contributed by atoms with E-state index in [1.165, 1.54) is 0 Å². The van der Waals surface area contributed by atoms with Crippen LogP contribution in [0.15, 0.2) is 28.7 Å². The lowest BCUT2D eigenvalue weighted by Crippen LogP contribution is -2.32.